The highest BCUT2D eigenvalue weighted by molar-refractivity contribution is 7.99. The normalized spacial score (nSPS) is 10.7. The number of carbonyl (C=O) groups is 1. The van der Waals surface area contributed by atoms with Crippen molar-refractivity contribution in [2.24, 2.45) is 0 Å². The molecule has 0 aliphatic carbocycles. The molecule has 1 heterocycles. The first-order valence-electron chi connectivity index (χ1n) is 8.61. The predicted molar refractivity (Wildman–Crippen MR) is 120 cm³/mol. The summed E-state index contributed by atoms with van der Waals surface area (Å²) in [7, 11) is 0. The molecule has 29 heavy (non-hydrogen) atoms. The van der Waals surface area contributed by atoms with Crippen LogP contribution in [0.15, 0.2) is 60.3 Å². The molecule has 5 nitrogen and oxygen atoms in total. The number of halogens is 3. The van der Waals surface area contributed by atoms with Crippen LogP contribution in [-0.2, 0) is 17.9 Å². The number of hydrogen-bond donors (Lipinski definition) is 1. The van der Waals surface area contributed by atoms with Crippen molar-refractivity contribution in [3.8, 4) is 11.4 Å². The van der Waals surface area contributed by atoms with Crippen molar-refractivity contribution >= 4 is 52.5 Å². The maximum atomic E-state index is 12.2. The van der Waals surface area contributed by atoms with E-state index in [9.17, 15) is 4.79 Å². The zero-order valence-corrected chi connectivity index (χ0v) is 18.3. The summed E-state index contributed by atoms with van der Waals surface area (Å²) in [5.74, 6) is 0.742. The number of amides is 1. The fraction of sp³-hybridized carbons (Fsp3) is 0.150. The standard InChI is InChI=1S/C20H17Cl3N4OS/c1-2-9-27-19(14-5-8-16(22)17(23)10-14)25-26-20(27)29-12-18(28)24-11-13-3-6-15(21)7-4-13/h2-8,10H,1,9,11-12H2,(H,24,28). The Labute approximate surface area is 188 Å². The van der Waals surface area contributed by atoms with Crippen molar-refractivity contribution in [3.05, 3.63) is 75.8 Å². The largest absolute Gasteiger partial charge is 0.351 e. The molecule has 0 aliphatic heterocycles. The van der Waals surface area contributed by atoms with E-state index in [0.717, 1.165) is 11.1 Å². The summed E-state index contributed by atoms with van der Waals surface area (Å²) < 4.78 is 1.88. The molecule has 3 aromatic rings. The molecule has 150 valence electrons. The van der Waals surface area contributed by atoms with Crippen LogP contribution < -0.4 is 5.32 Å². The zero-order valence-electron chi connectivity index (χ0n) is 15.2. The van der Waals surface area contributed by atoms with E-state index in [1.807, 2.05) is 22.8 Å². The molecule has 0 saturated carbocycles. The molecule has 1 amide bonds. The van der Waals surface area contributed by atoms with Crippen molar-refractivity contribution in [1.82, 2.24) is 20.1 Å². The van der Waals surface area contributed by atoms with E-state index in [1.54, 1.807) is 30.3 Å². The molecule has 3 rings (SSSR count). The van der Waals surface area contributed by atoms with Crippen LogP contribution in [0.1, 0.15) is 5.56 Å². The Morgan fingerprint density at radius 3 is 2.55 bits per heavy atom. The summed E-state index contributed by atoms with van der Waals surface area (Å²) in [6.45, 7) is 4.72. The number of benzene rings is 2. The predicted octanol–water partition coefficient (Wildman–Crippen LogP) is 5.50. The van der Waals surface area contributed by atoms with Crippen molar-refractivity contribution in [2.45, 2.75) is 18.2 Å². The Balaban J connectivity index is 1.66. The van der Waals surface area contributed by atoms with Gasteiger partial charge in [0.2, 0.25) is 5.91 Å². The quantitative estimate of drug-likeness (QED) is 0.351. The summed E-state index contributed by atoms with van der Waals surface area (Å²) >= 11 is 19.3. The van der Waals surface area contributed by atoms with E-state index in [4.69, 9.17) is 34.8 Å². The summed E-state index contributed by atoms with van der Waals surface area (Å²) in [5.41, 5.74) is 1.76. The first-order chi connectivity index (χ1) is 14.0. The van der Waals surface area contributed by atoms with Crippen molar-refractivity contribution in [3.63, 3.8) is 0 Å². The minimum Gasteiger partial charge on any atom is -0.351 e. The second kappa shape index (κ2) is 10.2. The highest BCUT2D eigenvalue weighted by Crippen LogP contribution is 2.29. The number of carbonyl (C=O) groups excluding carboxylic acids is 1. The summed E-state index contributed by atoms with van der Waals surface area (Å²) in [6, 6.07) is 12.6. The second-order valence-electron chi connectivity index (χ2n) is 6.03. The fourth-order valence-electron chi connectivity index (χ4n) is 2.52. The molecule has 0 saturated heterocycles. The van der Waals surface area contributed by atoms with Crippen LogP contribution in [0.2, 0.25) is 15.1 Å². The molecule has 2 aromatic carbocycles. The lowest BCUT2D eigenvalue weighted by atomic mass is 10.2. The maximum Gasteiger partial charge on any atom is 0.230 e. The van der Waals surface area contributed by atoms with Crippen molar-refractivity contribution in [1.29, 1.82) is 0 Å². The summed E-state index contributed by atoms with van der Waals surface area (Å²) in [5, 5.41) is 13.5. The maximum absolute atomic E-state index is 12.2. The van der Waals surface area contributed by atoms with Crippen molar-refractivity contribution < 1.29 is 4.79 Å². The molecule has 0 aliphatic rings. The zero-order chi connectivity index (χ0) is 20.8. The average molecular weight is 468 g/mol. The lowest BCUT2D eigenvalue weighted by Gasteiger charge is -2.09. The van der Waals surface area contributed by atoms with Crippen LogP contribution in [0.5, 0.6) is 0 Å². The Bertz CT molecular complexity index is 1020. The van der Waals surface area contributed by atoms with Gasteiger partial charge in [0.05, 0.1) is 15.8 Å². The fourth-order valence-corrected chi connectivity index (χ4v) is 3.72. The lowest BCUT2D eigenvalue weighted by molar-refractivity contribution is -0.118. The third-order valence-corrected chi connectivity index (χ3v) is 5.90. The monoisotopic (exact) mass is 466 g/mol. The lowest BCUT2D eigenvalue weighted by Crippen LogP contribution is -2.24. The molecule has 0 radical (unpaired) electrons. The summed E-state index contributed by atoms with van der Waals surface area (Å²) in [6.07, 6.45) is 1.75. The van der Waals surface area contributed by atoms with E-state index in [-0.39, 0.29) is 11.7 Å². The number of nitrogens with one attached hydrogen (secondary N) is 1. The molecule has 0 atom stereocenters. The molecule has 1 N–H and O–H groups in total. The minimum atomic E-state index is -0.103. The highest BCUT2D eigenvalue weighted by Gasteiger charge is 2.16. The average Bonchev–Trinajstić information content (AvgIpc) is 3.11. The third-order valence-electron chi connectivity index (χ3n) is 3.94. The molecule has 1 aromatic heterocycles. The second-order valence-corrected chi connectivity index (χ2v) is 8.22. The topological polar surface area (TPSA) is 59.8 Å². The van der Waals surface area contributed by atoms with Gasteiger partial charge in [-0.25, -0.2) is 0 Å². The van der Waals surface area contributed by atoms with E-state index in [1.165, 1.54) is 11.8 Å². The van der Waals surface area contributed by atoms with Gasteiger partial charge in [0.1, 0.15) is 0 Å². The van der Waals surface area contributed by atoms with Gasteiger partial charge in [-0.2, -0.15) is 0 Å². The van der Waals surface area contributed by atoms with Gasteiger partial charge in [-0.05, 0) is 35.9 Å². The molecule has 9 heteroatoms. The number of allylic oxidation sites excluding steroid dienone is 1. The molecule has 0 spiro atoms. The van der Waals surface area contributed by atoms with Crippen LogP contribution in [0.25, 0.3) is 11.4 Å². The van der Waals surface area contributed by atoms with E-state index in [2.05, 4.69) is 22.1 Å². The van der Waals surface area contributed by atoms with Gasteiger partial charge in [0, 0.05) is 23.7 Å². The van der Waals surface area contributed by atoms with Crippen LogP contribution in [-0.4, -0.2) is 26.4 Å². The SMILES string of the molecule is C=CCn1c(SCC(=O)NCc2ccc(Cl)cc2)nnc1-c1ccc(Cl)c(Cl)c1. The highest BCUT2D eigenvalue weighted by atomic mass is 35.5. The van der Waals surface area contributed by atoms with E-state index < -0.39 is 0 Å². The van der Waals surface area contributed by atoms with Crippen LogP contribution >= 0.6 is 46.6 Å². The van der Waals surface area contributed by atoms with E-state index >= 15 is 0 Å². The van der Waals surface area contributed by atoms with E-state index in [0.29, 0.717) is 39.1 Å². The van der Waals surface area contributed by atoms with Crippen molar-refractivity contribution in [2.75, 3.05) is 5.75 Å². The Hall–Kier alpha value is -1.99. The first-order valence-corrected chi connectivity index (χ1v) is 10.7. The van der Waals surface area contributed by atoms with Gasteiger partial charge in [0.15, 0.2) is 11.0 Å². The van der Waals surface area contributed by atoms with Gasteiger partial charge < -0.3 is 5.32 Å². The van der Waals surface area contributed by atoms with Crippen LogP contribution in [0.4, 0.5) is 0 Å². The Morgan fingerprint density at radius 2 is 1.86 bits per heavy atom. The van der Waals surface area contributed by atoms with Gasteiger partial charge >= 0.3 is 0 Å². The Kier molecular flexibility index (Phi) is 7.61. The summed E-state index contributed by atoms with van der Waals surface area (Å²) in [4.78, 5) is 12.2. The molecule has 0 bridgehead atoms. The number of thioether (sulfide) groups is 1. The first kappa shape index (κ1) is 21.7. The van der Waals surface area contributed by atoms with Crippen LogP contribution in [0.3, 0.4) is 0 Å². The smallest absolute Gasteiger partial charge is 0.230 e. The number of aromatic nitrogens is 3. The molecule has 0 fully saturated rings. The van der Waals surface area contributed by atoms with Gasteiger partial charge in [0.25, 0.3) is 0 Å². The number of nitrogens with zero attached hydrogens (tertiary/aromatic N) is 3. The Morgan fingerprint density at radius 1 is 1.10 bits per heavy atom. The van der Waals surface area contributed by atoms with Crippen LogP contribution in [0, 0.1) is 0 Å². The molecular formula is C20H17Cl3N4OS. The third kappa shape index (κ3) is 5.76. The van der Waals surface area contributed by atoms with Gasteiger partial charge in [-0.15, -0.1) is 16.8 Å². The molecular weight excluding hydrogens is 451 g/mol. The number of hydrogen-bond acceptors (Lipinski definition) is 4. The van der Waals surface area contributed by atoms with Gasteiger partial charge in [-0.3, -0.25) is 9.36 Å². The van der Waals surface area contributed by atoms with Gasteiger partial charge in [-0.1, -0.05) is 64.8 Å². The minimum absolute atomic E-state index is 0.103. The number of rotatable bonds is 8. The molecule has 0 unspecified atom stereocenters.